The molecule has 0 bridgehead atoms. The summed E-state index contributed by atoms with van der Waals surface area (Å²) in [6.07, 6.45) is 2.10. The minimum Gasteiger partial charge on any atom is -0.496 e. The van der Waals surface area contributed by atoms with E-state index in [9.17, 15) is 9.59 Å². The topological polar surface area (TPSA) is 78.9 Å². The van der Waals surface area contributed by atoms with Gasteiger partial charge in [0.05, 0.1) is 29.9 Å². The van der Waals surface area contributed by atoms with E-state index in [4.69, 9.17) is 18.8 Å². The highest BCUT2D eigenvalue weighted by Crippen LogP contribution is 2.34. The lowest BCUT2D eigenvalue weighted by atomic mass is 9.80. The molecule has 0 amide bonds. The first-order chi connectivity index (χ1) is 14.5. The van der Waals surface area contributed by atoms with Crippen molar-refractivity contribution >= 4 is 20.9 Å². The van der Waals surface area contributed by atoms with Gasteiger partial charge in [-0.25, -0.2) is 0 Å². The summed E-state index contributed by atoms with van der Waals surface area (Å²) in [7, 11) is 3.62. The smallest absolute Gasteiger partial charge is 0.316 e. The molecule has 3 atom stereocenters. The van der Waals surface area contributed by atoms with Gasteiger partial charge in [-0.15, -0.1) is 0 Å². The largest absolute Gasteiger partial charge is 0.496 e. The van der Waals surface area contributed by atoms with Crippen LogP contribution in [0.2, 0.25) is 0 Å². The third-order valence-electron chi connectivity index (χ3n) is 4.81. The summed E-state index contributed by atoms with van der Waals surface area (Å²) < 4.78 is 24.5. The number of methoxy groups -OCH3 is 2. The summed E-state index contributed by atoms with van der Waals surface area (Å²) >= 11 is 0. The molecule has 1 rings (SSSR count). The minimum absolute atomic E-state index is 0.108. The number of Topliss-reactive ketones (excluding diaryl/α,β-unsaturated/α-hetero) is 1. The molecule has 0 aromatic heterocycles. The number of ether oxygens (including phenoxy) is 3. The molecule has 7 heteroatoms. The van der Waals surface area contributed by atoms with Crippen LogP contribution < -0.4 is 9.47 Å². The molecule has 3 unspecified atom stereocenters. The summed E-state index contributed by atoms with van der Waals surface area (Å²) in [4.78, 5) is 26.4. The number of hydrogen-bond donors (Lipinski definition) is 0. The summed E-state index contributed by atoms with van der Waals surface area (Å²) in [6, 6.07) is 5.16. The second-order valence-electron chi connectivity index (χ2n) is 9.41. The Balaban J connectivity index is 0.00000436. The van der Waals surface area contributed by atoms with Crippen molar-refractivity contribution in [2.45, 2.75) is 60.8 Å². The number of ketones is 1. The van der Waals surface area contributed by atoms with Crippen molar-refractivity contribution in [1.82, 2.24) is 0 Å². The molecule has 31 heavy (non-hydrogen) atoms. The van der Waals surface area contributed by atoms with Crippen molar-refractivity contribution in [3.63, 3.8) is 0 Å². The zero-order valence-corrected chi connectivity index (χ0v) is 21.9. The molecule has 0 N–H and O–H groups in total. The number of carbonyl (C=O) groups is 2. The summed E-state index contributed by atoms with van der Waals surface area (Å²) in [5, 5.41) is 0. The highest BCUT2D eigenvalue weighted by molar-refractivity contribution is 7.00. The highest BCUT2D eigenvalue weighted by atomic mass is 31.0. The van der Waals surface area contributed by atoms with Crippen LogP contribution in [-0.4, -0.2) is 32.6 Å². The first-order valence-corrected chi connectivity index (χ1v) is 11.3. The first kappa shape index (κ1) is 29.2. The Morgan fingerprint density at radius 3 is 1.94 bits per heavy atom. The number of hydrogen-bond acceptors (Lipinski definition) is 6. The van der Waals surface area contributed by atoms with Gasteiger partial charge in [0.1, 0.15) is 23.0 Å². The van der Waals surface area contributed by atoms with E-state index in [1.165, 1.54) is 14.2 Å². The van der Waals surface area contributed by atoms with E-state index >= 15 is 0 Å². The van der Waals surface area contributed by atoms with Crippen molar-refractivity contribution in [2.75, 3.05) is 20.8 Å². The molecule has 1 aromatic rings. The molecule has 0 heterocycles. The molecule has 1 aromatic carbocycles. The van der Waals surface area contributed by atoms with Gasteiger partial charge in [0.15, 0.2) is 5.78 Å². The molecule has 0 aliphatic carbocycles. The van der Waals surface area contributed by atoms with E-state index < -0.39 is 11.9 Å². The Kier molecular flexibility index (Phi) is 13.5. The van der Waals surface area contributed by atoms with Crippen LogP contribution in [0.3, 0.4) is 0 Å². The molecule has 0 saturated carbocycles. The minimum atomic E-state index is -0.885. The van der Waals surface area contributed by atoms with Crippen LogP contribution in [0.5, 0.6) is 11.5 Å². The lowest BCUT2D eigenvalue weighted by Gasteiger charge is -2.26. The maximum Gasteiger partial charge on any atom is 0.316 e. The fourth-order valence-electron chi connectivity index (χ4n) is 3.61. The van der Waals surface area contributed by atoms with Crippen LogP contribution in [0, 0.1) is 23.2 Å². The van der Waals surface area contributed by atoms with Crippen molar-refractivity contribution in [3.05, 3.63) is 23.8 Å². The average molecular weight is 457 g/mol. The fraction of sp³-hybridized carbons (Fsp3) is 0.667. The Bertz CT molecular complexity index is 674. The van der Waals surface area contributed by atoms with Gasteiger partial charge < -0.3 is 18.8 Å². The van der Waals surface area contributed by atoms with E-state index in [0.29, 0.717) is 45.1 Å². The Labute approximate surface area is 189 Å². The second kappa shape index (κ2) is 14.3. The van der Waals surface area contributed by atoms with Crippen LogP contribution in [0.15, 0.2) is 18.2 Å². The van der Waals surface area contributed by atoms with Crippen LogP contribution in [0.1, 0.15) is 71.2 Å². The predicted octanol–water partition coefficient (Wildman–Crippen LogP) is 5.49. The molecule has 0 aliphatic heterocycles. The highest BCUT2D eigenvalue weighted by Gasteiger charge is 2.35. The van der Waals surface area contributed by atoms with Crippen molar-refractivity contribution in [1.29, 1.82) is 0 Å². The maximum absolute atomic E-state index is 13.5. The molecule has 6 nitrogen and oxygen atoms in total. The third-order valence-corrected chi connectivity index (χ3v) is 4.81. The van der Waals surface area contributed by atoms with Crippen molar-refractivity contribution in [3.8, 4) is 11.5 Å². The van der Waals surface area contributed by atoms with E-state index in [-0.39, 0.29) is 17.1 Å². The van der Waals surface area contributed by atoms with Gasteiger partial charge in [0.2, 0.25) is 0 Å². The molecule has 0 fully saturated rings. The summed E-state index contributed by atoms with van der Waals surface area (Å²) in [5.74, 6) is -0.257. The summed E-state index contributed by atoms with van der Waals surface area (Å²) in [5.41, 5.74) is 0.405. The number of benzene rings is 1. The van der Waals surface area contributed by atoms with Crippen LogP contribution in [0.25, 0.3) is 0 Å². The number of carbonyl (C=O) groups excluding carboxylic acids is 2. The Morgan fingerprint density at radius 2 is 1.52 bits per heavy atom. The van der Waals surface area contributed by atoms with Crippen LogP contribution in [0.4, 0.5) is 0 Å². The van der Waals surface area contributed by atoms with Gasteiger partial charge in [-0.3, -0.25) is 9.59 Å². The summed E-state index contributed by atoms with van der Waals surface area (Å²) in [6.45, 7) is 13.0. The molecular formula is C24H41O6P. The lowest BCUT2D eigenvalue weighted by molar-refractivity contribution is -0.147. The normalized spacial score (nSPS) is 13.1. The molecule has 178 valence electrons. The van der Waals surface area contributed by atoms with Gasteiger partial charge in [0, 0.05) is 0 Å². The molecule has 0 aliphatic rings. The van der Waals surface area contributed by atoms with E-state index in [1.54, 1.807) is 18.2 Å². The van der Waals surface area contributed by atoms with E-state index in [2.05, 4.69) is 41.5 Å². The molecule has 0 saturated heterocycles. The maximum atomic E-state index is 13.5. The Morgan fingerprint density at radius 1 is 1.00 bits per heavy atom. The zero-order chi connectivity index (χ0) is 24.2. The van der Waals surface area contributed by atoms with Gasteiger partial charge in [-0.05, 0) is 48.6 Å². The lowest BCUT2D eigenvalue weighted by Crippen LogP contribution is -2.30. The van der Waals surface area contributed by atoms with E-state index in [1.807, 2.05) is 0 Å². The molecule has 0 spiro atoms. The quantitative estimate of drug-likeness (QED) is 0.189. The monoisotopic (exact) mass is 456 g/mol. The van der Waals surface area contributed by atoms with Gasteiger partial charge in [-0.2, -0.15) is 0 Å². The number of esters is 1. The second-order valence-corrected chi connectivity index (χ2v) is 9.41. The molecular weight excluding hydrogens is 415 g/mol. The van der Waals surface area contributed by atoms with Crippen molar-refractivity contribution in [2.24, 2.45) is 23.2 Å². The van der Waals surface area contributed by atoms with Crippen LogP contribution >= 0.6 is 9.12 Å². The Hall–Kier alpha value is -1.81. The van der Waals surface area contributed by atoms with Crippen molar-refractivity contribution < 1.29 is 28.4 Å². The predicted molar refractivity (Wildman–Crippen MR) is 127 cm³/mol. The van der Waals surface area contributed by atoms with Gasteiger partial charge in [0.25, 0.3) is 0 Å². The van der Waals surface area contributed by atoms with Gasteiger partial charge >= 0.3 is 5.97 Å². The third kappa shape index (κ3) is 10.4. The zero-order valence-electron chi connectivity index (χ0n) is 20.4. The first-order valence-electron chi connectivity index (χ1n) is 10.7. The average Bonchev–Trinajstić information content (AvgIpc) is 2.70. The standard InChI is InChI=1S/C24H38O5.H3OP/c1-16(2)12-13-29-23(26)18(14-17(3)15-24(4,5)6)22(25)21-19(27-7)10-9-11-20(21)28-8;1-2/h9-11,16-18H,12-15H2,1-8H3;2H3. The van der Waals surface area contributed by atoms with E-state index in [0.717, 1.165) is 12.8 Å². The van der Waals surface area contributed by atoms with Crippen LogP contribution in [-0.2, 0) is 14.1 Å². The fourth-order valence-corrected chi connectivity index (χ4v) is 3.61. The molecule has 0 radical (unpaired) electrons. The SMILES string of the molecule is COc1cccc(OC)c1C(=O)C(CC(C)CC(C)(C)C)C(=O)OCCC(C)C.O=[PH3]. The van der Waals surface area contributed by atoms with Gasteiger partial charge in [-0.1, -0.05) is 47.6 Å². The number of rotatable bonds is 11.